The minimum absolute atomic E-state index is 0.215. The summed E-state index contributed by atoms with van der Waals surface area (Å²) in [4.78, 5) is 34.7. The predicted molar refractivity (Wildman–Crippen MR) is 87.8 cm³/mol. The Labute approximate surface area is 140 Å². The van der Waals surface area contributed by atoms with Crippen LogP contribution in [0.5, 0.6) is 0 Å². The van der Waals surface area contributed by atoms with Crippen LogP contribution in [0.25, 0.3) is 0 Å². The summed E-state index contributed by atoms with van der Waals surface area (Å²) in [5.41, 5.74) is 0.743. The molecule has 7 heteroatoms. The van der Waals surface area contributed by atoms with Crippen molar-refractivity contribution in [3.63, 3.8) is 0 Å². The number of imide groups is 1. The fourth-order valence-electron chi connectivity index (χ4n) is 1.70. The van der Waals surface area contributed by atoms with Crippen LogP contribution in [0.2, 0.25) is 0 Å². The molecule has 1 rings (SSSR count). The summed E-state index contributed by atoms with van der Waals surface area (Å²) >= 11 is 0. The molecule has 0 aromatic heterocycles. The van der Waals surface area contributed by atoms with Crippen molar-refractivity contribution in [2.75, 3.05) is 11.9 Å². The Morgan fingerprint density at radius 3 is 2.42 bits per heavy atom. The number of esters is 1. The van der Waals surface area contributed by atoms with Gasteiger partial charge in [-0.15, -0.1) is 0 Å². The highest BCUT2D eigenvalue weighted by atomic mass is 16.5. The van der Waals surface area contributed by atoms with Crippen LogP contribution >= 0.6 is 0 Å². The minimum Gasteiger partial charge on any atom is -0.462 e. The maximum atomic E-state index is 11.8. The third-order valence-corrected chi connectivity index (χ3v) is 2.87. The highest BCUT2D eigenvalue weighted by Gasteiger charge is 2.12. The Bertz CT molecular complexity index is 672. The quantitative estimate of drug-likeness (QED) is 0.451. The molecule has 0 saturated carbocycles. The van der Waals surface area contributed by atoms with Crippen molar-refractivity contribution in [2.45, 2.75) is 26.7 Å². The van der Waals surface area contributed by atoms with Gasteiger partial charge < -0.3 is 10.1 Å². The Morgan fingerprint density at radius 2 is 1.88 bits per heavy atom. The molecule has 0 saturated heterocycles. The smallest absolute Gasteiger partial charge is 0.338 e. The van der Waals surface area contributed by atoms with E-state index in [0.29, 0.717) is 24.3 Å². The highest BCUT2D eigenvalue weighted by molar-refractivity contribution is 6.06. The number of nitrogens with one attached hydrogen (secondary N) is 2. The molecule has 1 aromatic carbocycles. The number of anilines is 1. The first-order valence-electron chi connectivity index (χ1n) is 7.50. The van der Waals surface area contributed by atoms with Gasteiger partial charge in [-0.05, 0) is 37.6 Å². The third kappa shape index (κ3) is 5.93. The van der Waals surface area contributed by atoms with Crippen LogP contribution in [0.1, 0.15) is 37.0 Å². The molecule has 2 amide bonds. The van der Waals surface area contributed by atoms with Crippen molar-refractivity contribution >= 4 is 23.5 Å². The van der Waals surface area contributed by atoms with Gasteiger partial charge in [0.1, 0.15) is 11.6 Å². The predicted octanol–water partition coefficient (Wildman–Crippen LogP) is 2.13. The second kappa shape index (κ2) is 9.79. The van der Waals surface area contributed by atoms with Gasteiger partial charge in [0.15, 0.2) is 0 Å². The van der Waals surface area contributed by atoms with Gasteiger partial charge in [0.05, 0.1) is 12.2 Å². The Kier molecular flexibility index (Phi) is 7.71. The van der Waals surface area contributed by atoms with Gasteiger partial charge in [0.25, 0.3) is 5.91 Å². The lowest BCUT2D eigenvalue weighted by atomic mass is 10.2. The number of nitrogens with zero attached hydrogens (tertiary/aromatic N) is 1. The maximum absolute atomic E-state index is 11.8. The molecular formula is C17H19N3O4. The van der Waals surface area contributed by atoms with E-state index >= 15 is 0 Å². The molecule has 0 atom stereocenters. The number of carbonyl (C=O) groups excluding carboxylic acids is 3. The van der Waals surface area contributed by atoms with E-state index in [9.17, 15) is 14.4 Å². The summed E-state index contributed by atoms with van der Waals surface area (Å²) in [5.74, 6) is -1.61. The molecule has 0 aliphatic heterocycles. The lowest BCUT2D eigenvalue weighted by Gasteiger charge is -2.05. The lowest BCUT2D eigenvalue weighted by molar-refractivity contribution is -0.128. The summed E-state index contributed by atoms with van der Waals surface area (Å²) in [6.07, 6.45) is 2.02. The second-order valence-electron chi connectivity index (χ2n) is 4.74. The van der Waals surface area contributed by atoms with Crippen molar-refractivity contribution in [1.82, 2.24) is 5.32 Å². The monoisotopic (exact) mass is 329 g/mol. The first-order valence-corrected chi connectivity index (χ1v) is 7.50. The number of rotatable bonds is 7. The first kappa shape index (κ1) is 18.9. The summed E-state index contributed by atoms with van der Waals surface area (Å²) in [7, 11) is 0. The zero-order valence-corrected chi connectivity index (χ0v) is 13.6. The van der Waals surface area contributed by atoms with Crippen LogP contribution < -0.4 is 10.6 Å². The average molecular weight is 329 g/mol. The first-order chi connectivity index (χ1) is 11.5. The molecule has 0 aliphatic rings. The fourth-order valence-corrected chi connectivity index (χ4v) is 1.70. The summed E-state index contributed by atoms with van der Waals surface area (Å²) in [6.45, 7) is 3.82. The van der Waals surface area contributed by atoms with Crippen LogP contribution in [-0.4, -0.2) is 24.4 Å². The SMILES string of the molecule is CCCC(=O)NC(=O)C(C#N)=CNc1ccc(C(=O)OCC)cc1. The normalized spacial score (nSPS) is 10.5. The minimum atomic E-state index is -0.758. The van der Waals surface area contributed by atoms with Crippen molar-refractivity contribution in [3.8, 4) is 6.07 Å². The van der Waals surface area contributed by atoms with Crippen molar-refractivity contribution in [3.05, 3.63) is 41.6 Å². The van der Waals surface area contributed by atoms with Gasteiger partial charge >= 0.3 is 5.97 Å². The van der Waals surface area contributed by atoms with Crippen LogP contribution in [0, 0.1) is 11.3 Å². The van der Waals surface area contributed by atoms with Gasteiger partial charge in [-0.25, -0.2) is 4.79 Å². The summed E-state index contributed by atoms with van der Waals surface area (Å²) in [5, 5.41) is 13.9. The van der Waals surface area contributed by atoms with Crippen LogP contribution in [0.3, 0.4) is 0 Å². The molecule has 0 unspecified atom stereocenters. The van der Waals surface area contributed by atoms with Crippen LogP contribution in [0.15, 0.2) is 36.0 Å². The summed E-state index contributed by atoms with van der Waals surface area (Å²) < 4.78 is 4.87. The molecule has 2 N–H and O–H groups in total. The van der Waals surface area contributed by atoms with Gasteiger partial charge in [-0.2, -0.15) is 5.26 Å². The fraction of sp³-hybridized carbons (Fsp3) is 0.294. The number of amides is 2. The topological polar surface area (TPSA) is 108 Å². The molecular weight excluding hydrogens is 310 g/mol. The van der Waals surface area contributed by atoms with E-state index in [2.05, 4.69) is 10.6 Å². The van der Waals surface area contributed by atoms with E-state index in [-0.39, 0.29) is 12.0 Å². The molecule has 24 heavy (non-hydrogen) atoms. The molecule has 0 radical (unpaired) electrons. The zero-order valence-electron chi connectivity index (χ0n) is 13.6. The van der Waals surface area contributed by atoms with E-state index in [1.165, 1.54) is 6.20 Å². The van der Waals surface area contributed by atoms with Gasteiger partial charge in [0.2, 0.25) is 5.91 Å². The van der Waals surface area contributed by atoms with Crippen LogP contribution in [-0.2, 0) is 14.3 Å². The number of nitriles is 1. The standard InChI is InChI=1S/C17H19N3O4/c1-3-5-15(21)20-16(22)13(10-18)11-19-14-8-6-12(7-9-14)17(23)24-4-2/h6-9,11,19H,3-5H2,1-2H3,(H,20,21,22). The number of hydrogen-bond donors (Lipinski definition) is 2. The Morgan fingerprint density at radius 1 is 1.21 bits per heavy atom. The average Bonchev–Trinajstić information content (AvgIpc) is 2.56. The van der Waals surface area contributed by atoms with E-state index in [1.807, 2.05) is 6.92 Å². The molecule has 0 heterocycles. The zero-order chi connectivity index (χ0) is 17.9. The summed E-state index contributed by atoms with van der Waals surface area (Å²) in [6, 6.07) is 8.07. The Hall–Kier alpha value is -3.14. The number of hydrogen-bond acceptors (Lipinski definition) is 6. The molecule has 126 valence electrons. The molecule has 0 aliphatic carbocycles. The maximum Gasteiger partial charge on any atom is 0.338 e. The largest absolute Gasteiger partial charge is 0.462 e. The third-order valence-electron chi connectivity index (χ3n) is 2.87. The molecule has 7 nitrogen and oxygen atoms in total. The van der Waals surface area contributed by atoms with Crippen molar-refractivity contribution < 1.29 is 19.1 Å². The van der Waals surface area contributed by atoms with Crippen molar-refractivity contribution in [2.24, 2.45) is 0 Å². The number of benzene rings is 1. The van der Waals surface area contributed by atoms with Crippen molar-refractivity contribution in [1.29, 1.82) is 5.26 Å². The second-order valence-corrected chi connectivity index (χ2v) is 4.74. The van der Waals surface area contributed by atoms with E-state index in [0.717, 1.165) is 0 Å². The van der Waals surface area contributed by atoms with Gasteiger partial charge in [-0.3, -0.25) is 14.9 Å². The van der Waals surface area contributed by atoms with E-state index in [1.54, 1.807) is 37.3 Å². The number of carbonyl (C=O) groups is 3. The Balaban J connectivity index is 2.71. The van der Waals surface area contributed by atoms with E-state index in [4.69, 9.17) is 10.00 Å². The van der Waals surface area contributed by atoms with Gasteiger partial charge in [0, 0.05) is 18.3 Å². The van der Waals surface area contributed by atoms with E-state index < -0.39 is 17.8 Å². The highest BCUT2D eigenvalue weighted by Crippen LogP contribution is 2.11. The number of ether oxygens (including phenoxy) is 1. The molecule has 0 spiro atoms. The lowest BCUT2D eigenvalue weighted by Crippen LogP contribution is -2.31. The van der Waals surface area contributed by atoms with Gasteiger partial charge in [-0.1, -0.05) is 6.92 Å². The molecule has 0 bridgehead atoms. The molecule has 1 aromatic rings. The van der Waals surface area contributed by atoms with Crippen LogP contribution in [0.4, 0.5) is 5.69 Å². The molecule has 0 fully saturated rings.